The van der Waals surface area contributed by atoms with E-state index in [1.54, 1.807) is 13.2 Å². The van der Waals surface area contributed by atoms with Crippen molar-refractivity contribution in [2.45, 2.75) is 44.6 Å². The Morgan fingerprint density at radius 3 is 2.71 bits per heavy atom. The van der Waals surface area contributed by atoms with Crippen molar-refractivity contribution in [1.82, 2.24) is 5.32 Å². The van der Waals surface area contributed by atoms with Crippen LogP contribution in [0.25, 0.3) is 11.0 Å². The van der Waals surface area contributed by atoms with Crippen molar-refractivity contribution in [3.8, 4) is 5.75 Å². The van der Waals surface area contributed by atoms with Crippen molar-refractivity contribution in [2.75, 3.05) is 7.11 Å². The van der Waals surface area contributed by atoms with Crippen LogP contribution in [0.5, 0.6) is 5.75 Å². The third-order valence-electron chi connectivity index (χ3n) is 4.14. The van der Waals surface area contributed by atoms with Crippen molar-refractivity contribution >= 4 is 16.9 Å². The van der Waals surface area contributed by atoms with Crippen LogP contribution in [0.4, 0.5) is 0 Å². The molecule has 0 saturated heterocycles. The molecule has 4 heteroatoms. The van der Waals surface area contributed by atoms with Gasteiger partial charge >= 0.3 is 0 Å². The van der Waals surface area contributed by atoms with Crippen molar-refractivity contribution in [2.24, 2.45) is 0 Å². The summed E-state index contributed by atoms with van der Waals surface area (Å²) in [5.41, 5.74) is 0.631. The maximum atomic E-state index is 12.3. The number of ether oxygens (including phenoxy) is 1. The number of carbonyl (C=O) groups is 1. The summed E-state index contributed by atoms with van der Waals surface area (Å²) in [6.07, 6.45) is 7.06. The van der Waals surface area contributed by atoms with E-state index in [1.807, 2.05) is 18.2 Å². The number of furan rings is 1. The Balaban J connectivity index is 1.78. The smallest absolute Gasteiger partial charge is 0.287 e. The maximum Gasteiger partial charge on any atom is 0.287 e. The number of carbonyl (C=O) groups excluding carboxylic acids is 1. The molecule has 1 aromatic carbocycles. The number of amides is 1. The van der Waals surface area contributed by atoms with Gasteiger partial charge in [0.2, 0.25) is 0 Å². The molecule has 1 N–H and O–H groups in total. The summed E-state index contributed by atoms with van der Waals surface area (Å²) in [4.78, 5) is 12.3. The number of hydrogen-bond donors (Lipinski definition) is 1. The van der Waals surface area contributed by atoms with Gasteiger partial charge in [-0.3, -0.25) is 4.79 Å². The highest BCUT2D eigenvalue weighted by Crippen LogP contribution is 2.28. The van der Waals surface area contributed by atoms with Crippen LogP contribution in [0.2, 0.25) is 0 Å². The lowest BCUT2D eigenvalue weighted by atomic mass is 10.1. The summed E-state index contributed by atoms with van der Waals surface area (Å²) < 4.78 is 10.9. The minimum Gasteiger partial charge on any atom is -0.493 e. The second kappa shape index (κ2) is 6.20. The van der Waals surface area contributed by atoms with Gasteiger partial charge in [0, 0.05) is 11.4 Å². The number of methoxy groups -OCH3 is 1. The lowest BCUT2D eigenvalue weighted by molar-refractivity contribution is 0.0907. The highest BCUT2D eigenvalue weighted by molar-refractivity contribution is 5.97. The molecule has 0 spiro atoms. The van der Waals surface area contributed by atoms with Gasteiger partial charge in [-0.1, -0.05) is 37.8 Å². The molecule has 0 bridgehead atoms. The average molecular weight is 287 g/mol. The molecule has 112 valence electrons. The largest absolute Gasteiger partial charge is 0.493 e. The van der Waals surface area contributed by atoms with Crippen LogP contribution in [-0.2, 0) is 0 Å². The van der Waals surface area contributed by atoms with Crippen LogP contribution in [0.15, 0.2) is 28.7 Å². The Labute approximate surface area is 124 Å². The van der Waals surface area contributed by atoms with Crippen molar-refractivity contribution in [1.29, 1.82) is 0 Å². The normalized spacial score (nSPS) is 16.6. The van der Waals surface area contributed by atoms with E-state index in [4.69, 9.17) is 9.15 Å². The summed E-state index contributed by atoms with van der Waals surface area (Å²) in [6.45, 7) is 0. The van der Waals surface area contributed by atoms with Crippen LogP contribution in [0.1, 0.15) is 49.1 Å². The molecule has 1 saturated carbocycles. The fraction of sp³-hybridized carbons (Fsp3) is 0.471. The third-order valence-corrected chi connectivity index (χ3v) is 4.14. The summed E-state index contributed by atoms with van der Waals surface area (Å²) in [7, 11) is 1.60. The Morgan fingerprint density at radius 1 is 1.24 bits per heavy atom. The van der Waals surface area contributed by atoms with Gasteiger partial charge in [-0.2, -0.15) is 0 Å². The molecule has 21 heavy (non-hydrogen) atoms. The molecule has 3 rings (SSSR count). The van der Waals surface area contributed by atoms with Crippen LogP contribution in [0.3, 0.4) is 0 Å². The molecule has 1 amide bonds. The molecular formula is C17H21NO3. The van der Waals surface area contributed by atoms with Crippen molar-refractivity contribution in [3.05, 3.63) is 30.0 Å². The molecule has 1 aliphatic carbocycles. The molecule has 0 atom stereocenters. The molecule has 2 aromatic rings. The fourth-order valence-corrected chi connectivity index (χ4v) is 2.99. The quantitative estimate of drug-likeness (QED) is 0.871. The molecule has 1 aliphatic rings. The molecule has 1 heterocycles. The molecule has 0 radical (unpaired) electrons. The average Bonchev–Trinajstić information content (AvgIpc) is 2.78. The predicted molar refractivity (Wildman–Crippen MR) is 81.7 cm³/mol. The Bertz CT molecular complexity index is 624. The number of hydrogen-bond acceptors (Lipinski definition) is 3. The number of para-hydroxylation sites is 1. The van der Waals surface area contributed by atoms with E-state index in [1.165, 1.54) is 25.7 Å². The first-order chi connectivity index (χ1) is 10.3. The maximum absolute atomic E-state index is 12.3. The van der Waals surface area contributed by atoms with Crippen LogP contribution < -0.4 is 10.1 Å². The van der Waals surface area contributed by atoms with Gasteiger partial charge in [0.05, 0.1) is 7.11 Å². The number of rotatable bonds is 3. The first-order valence-corrected chi connectivity index (χ1v) is 7.65. The van der Waals surface area contributed by atoms with Crippen molar-refractivity contribution < 1.29 is 13.9 Å². The topological polar surface area (TPSA) is 51.5 Å². The third kappa shape index (κ3) is 3.04. The van der Waals surface area contributed by atoms with Gasteiger partial charge in [-0.15, -0.1) is 0 Å². The molecule has 1 aromatic heterocycles. The number of benzene rings is 1. The van der Waals surface area contributed by atoms with Gasteiger partial charge < -0.3 is 14.5 Å². The number of nitrogens with one attached hydrogen (secondary N) is 1. The molecular weight excluding hydrogens is 266 g/mol. The zero-order valence-corrected chi connectivity index (χ0v) is 12.4. The highest BCUT2D eigenvalue weighted by Gasteiger charge is 2.19. The summed E-state index contributed by atoms with van der Waals surface area (Å²) >= 11 is 0. The Morgan fingerprint density at radius 2 is 2.00 bits per heavy atom. The zero-order chi connectivity index (χ0) is 14.7. The molecule has 1 fully saturated rings. The lowest BCUT2D eigenvalue weighted by Crippen LogP contribution is -2.34. The van der Waals surface area contributed by atoms with E-state index < -0.39 is 0 Å². The van der Waals surface area contributed by atoms with Crippen LogP contribution in [-0.4, -0.2) is 19.1 Å². The summed E-state index contributed by atoms with van der Waals surface area (Å²) in [5.74, 6) is 0.889. The van der Waals surface area contributed by atoms with E-state index in [0.29, 0.717) is 17.1 Å². The van der Waals surface area contributed by atoms with Gasteiger partial charge in [0.25, 0.3) is 5.91 Å². The summed E-state index contributed by atoms with van der Waals surface area (Å²) in [5, 5.41) is 3.99. The Kier molecular flexibility index (Phi) is 4.13. The van der Waals surface area contributed by atoms with Crippen LogP contribution >= 0.6 is 0 Å². The predicted octanol–water partition coefficient (Wildman–Crippen LogP) is 3.89. The molecule has 0 unspecified atom stereocenters. The monoisotopic (exact) mass is 287 g/mol. The Hall–Kier alpha value is -1.97. The standard InChI is InChI=1S/C17H21NO3/c1-20-14-10-6-7-12-11-15(21-16(12)14)17(19)18-13-8-4-2-3-5-9-13/h6-7,10-11,13H,2-5,8-9H2,1H3,(H,18,19). The summed E-state index contributed by atoms with van der Waals surface area (Å²) in [6, 6.07) is 7.70. The molecule has 0 aliphatic heterocycles. The van der Waals surface area contributed by atoms with E-state index in [2.05, 4.69) is 5.32 Å². The van der Waals surface area contributed by atoms with E-state index in [0.717, 1.165) is 18.2 Å². The second-order valence-corrected chi connectivity index (χ2v) is 5.65. The van der Waals surface area contributed by atoms with E-state index >= 15 is 0 Å². The second-order valence-electron chi connectivity index (χ2n) is 5.65. The van der Waals surface area contributed by atoms with Crippen LogP contribution in [0, 0.1) is 0 Å². The lowest BCUT2D eigenvalue weighted by Gasteiger charge is -2.14. The minimum absolute atomic E-state index is 0.125. The fourth-order valence-electron chi connectivity index (χ4n) is 2.99. The van der Waals surface area contributed by atoms with E-state index in [-0.39, 0.29) is 11.9 Å². The van der Waals surface area contributed by atoms with Gasteiger partial charge in [-0.25, -0.2) is 0 Å². The zero-order valence-electron chi connectivity index (χ0n) is 12.4. The van der Waals surface area contributed by atoms with Gasteiger partial charge in [-0.05, 0) is 25.0 Å². The first-order valence-electron chi connectivity index (χ1n) is 7.65. The van der Waals surface area contributed by atoms with E-state index in [9.17, 15) is 4.79 Å². The molecule has 4 nitrogen and oxygen atoms in total. The number of fused-ring (bicyclic) bond motifs is 1. The first kappa shape index (κ1) is 14.0. The van der Waals surface area contributed by atoms with Gasteiger partial charge in [0.15, 0.2) is 17.1 Å². The van der Waals surface area contributed by atoms with Gasteiger partial charge in [0.1, 0.15) is 0 Å². The highest BCUT2D eigenvalue weighted by atomic mass is 16.5. The minimum atomic E-state index is -0.125. The SMILES string of the molecule is COc1cccc2cc(C(=O)NC3CCCCCC3)oc12. The van der Waals surface area contributed by atoms with Crippen molar-refractivity contribution in [3.63, 3.8) is 0 Å².